The van der Waals surface area contributed by atoms with Crippen molar-refractivity contribution in [2.45, 2.75) is 34.1 Å². The van der Waals surface area contributed by atoms with Crippen LogP contribution in [0.4, 0.5) is 0 Å². The van der Waals surface area contributed by atoms with Gasteiger partial charge in [0.05, 0.1) is 11.8 Å². The van der Waals surface area contributed by atoms with Crippen LogP contribution in [0, 0.1) is 0 Å². The molecule has 10 heteroatoms. The van der Waals surface area contributed by atoms with E-state index in [1.165, 1.54) is 0 Å². The molecule has 122 valence electrons. The molecule has 22 heavy (non-hydrogen) atoms. The molecule has 0 saturated carbocycles. The topological polar surface area (TPSA) is 91.2 Å². The van der Waals surface area contributed by atoms with Gasteiger partial charge in [-0.1, -0.05) is 0 Å². The molecule has 7 nitrogen and oxygen atoms in total. The number of hydrogen-bond donors (Lipinski definition) is 1. The largest absolute Gasteiger partial charge is 0.367 e. The van der Waals surface area contributed by atoms with Gasteiger partial charge in [0, 0.05) is 26.1 Å². The molecule has 3 heterocycles. The lowest BCUT2D eigenvalue weighted by atomic mass is 10.0. The summed E-state index contributed by atoms with van der Waals surface area (Å²) in [6.45, 7) is 0.518. The van der Waals surface area contributed by atoms with E-state index in [1.54, 1.807) is 11.9 Å². The van der Waals surface area contributed by atoms with Crippen LogP contribution in [-0.2, 0) is 14.6 Å². The maximum atomic E-state index is 12.5. The lowest BCUT2D eigenvalue weighted by Gasteiger charge is -2.36. The van der Waals surface area contributed by atoms with E-state index in [0.717, 1.165) is 0 Å². The molecule has 3 atom stereocenters. The molecule has 0 aliphatic carbocycles. The van der Waals surface area contributed by atoms with Crippen molar-refractivity contribution in [3.8, 4) is 0 Å². The van der Waals surface area contributed by atoms with Crippen molar-refractivity contribution in [3.05, 3.63) is 0 Å². The van der Waals surface area contributed by atoms with Crippen LogP contribution in [0.2, 0.25) is 0 Å². The van der Waals surface area contributed by atoms with Crippen molar-refractivity contribution in [3.63, 3.8) is 0 Å². The average Bonchev–Trinajstić information content (AvgIpc) is 2.67. The molecule has 3 aliphatic rings. The number of aliphatic imine (C=N–C) groups is 2. The molecule has 0 spiro atoms. The number of rotatable bonds is 1. The van der Waals surface area contributed by atoms with Gasteiger partial charge in [-0.25, -0.2) is 18.4 Å². The number of piperidine rings is 1. The van der Waals surface area contributed by atoms with Crippen LogP contribution in [0.1, 0.15) is 19.3 Å². The van der Waals surface area contributed by atoms with E-state index in [4.69, 9.17) is 11.6 Å². The Labute approximate surface area is 147 Å². The highest BCUT2D eigenvalue weighted by atomic mass is 127. The van der Waals surface area contributed by atoms with Crippen molar-refractivity contribution in [2.24, 2.45) is 9.98 Å². The van der Waals surface area contributed by atoms with Gasteiger partial charge in [-0.05, 0) is 47.0 Å². The predicted molar refractivity (Wildman–Crippen MR) is 93.5 cm³/mol. The Kier molecular flexibility index (Phi) is 4.17. The van der Waals surface area contributed by atoms with Gasteiger partial charge in [-0.2, -0.15) is 0 Å². The van der Waals surface area contributed by atoms with E-state index in [1.807, 2.05) is 22.6 Å². The van der Waals surface area contributed by atoms with Crippen molar-refractivity contribution >= 4 is 61.1 Å². The maximum Gasteiger partial charge on any atom is 0.222 e. The third-order valence-corrected chi connectivity index (χ3v) is 9.87. The van der Waals surface area contributed by atoms with Gasteiger partial charge < -0.3 is 10.2 Å². The monoisotopic (exact) mass is 458 g/mol. The normalized spacial score (nSPS) is 37.4. The van der Waals surface area contributed by atoms with E-state index in [2.05, 4.69) is 15.3 Å². The van der Waals surface area contributed by atoms with Crippen LogP contribution < -0.4 is 5.32 Å². The van der Waals surface area contributed by atoms with Gasteiger partial charge in [0.1, 0.15) is 5.84 Å². The number of carbonyl (C=O) groups excluding carboxylic acids is 1. The minimum absolute atomic E-state index is 0.0351. The highest BCUT2D eigenvalue weighted by Crippen LogP contribution is 2.43. The molecule has 0 bridgehead atoms. The molecule has 0 aromatic carbocycles. The van der Waals surface area contributed by atoms with Gasteiger partial charge in [0.15, 0.2) is 9.84 Å². The zero-order valence-corrected chi connectivity index (χ0v) is 15.7. The quantitative estimate of drug-likeness (QED) is 0.352. The van der Waals surface area contributed by atoms with Crippen LogP contribution in [0.25, 0.3) is 0 Å². The average molecular weight is 459 g/mol. The second kappa shape index (κ2) is 5.59. The lowest BCUT2D eigenvalue weighted by Crippen LogP contribution is -2.58. The highest BCUT2D eigenvalue weighted by Gasteiger charge is 2.59. The molecular weight excluding hydrogens is 443 g/mol. The minimum atomic E-state index is -3.35. The number of likely N-dealkylation sites (N-methyl/N-ethyl adjacent to an activating group) is 1. The highest BCUT2D eigenvalue weighted by molar-refractivity contribution is 14.1. The van der Waals surface area contributed by atoms with Crippen LogP contribution >= 0.6 is 34.2 Å². The summed E-state index contributed by atoms with van der Waals surface area (Å²) in [5, 5.41) is 3.29. The second-order valence-electron chi connectivity index (χ2n) is 5.78. The first kappa shape index (κ1) is 16.4. The zero-order valence-electron chi connectivity index (χ0n) is 11.9. The molecule has 3 rings (SSSR count). The SMILES string of the molecule is CN1C[C@@H](NC2=NC(Cl)=NC3CCS(=O)(=O)[C@]23I)CCC1=O. The standard InChI is InChI=1S/C12H16ClIN4O3S/c1-18-6-7(2-3-9(18)19)15-10-12(14)8(16-11(13)17-10)4-5-22(12,20)21/h7-8H,2-6H2,1H3,(H,15,16,17)/t7-,8?,12-/m0/s1. The van der Waals surface area contributed by atoms with Crippen LogP contribution in [-0.4, -0.2) is 64.5 Å². The molecule has 2 fully saturated rings. The van der Waals surface area contributed by atoms with Gasteiger partial charge in [0.2, 0.25) is 14.0 Å². The molecular formula is C12H16ClIN4O3S. The van der Waals surface area contributed by atoms with Gasteiger partial charge in [0.25, 0.3) is 0 Å². The number of likely N-dealkylation sites (tertiary alicyclic amines) is 1. The fourth-order valence-corrected chi connectivity index (χ4v) is 6.45. The Morgan fingerprint density at radius 2 is 2.18 bits per heavy atom. The Morgan fingerprint density at radius 1 is 1.45 bits per heavy atom. The van der Waals surface area contributed by atoms with Gasteiger partial charge in [-0.3, -0.25) is 4.79 Å². The zero-order chi connectivity index (χ0) is 16.1. The van der Waals surface area contributed by atoms with E-state index in [-0.39, 0.29) is 23.0 Å². The van der Waals surface area contributed by atoms with E-state index < -0.39 is 18.6 Å². The van der Waals surface area contributed by atoms with Crippen molar-refractivity contribution < 1.29 is 13.2 Å². The Bertz CT molecular complexity index is 680. The summed E-state index contributed by atoms with van der Waals surface area (Å²) in [6.07, 6.45) is 1.54. The summed E-state index contributed by atoms with van der Waals surface area (Å²) in [7, 11) is -1.61. The number of carbonyl (C=O) groups is 1. The minimum Gasteiger partial charge on any atom is -0.367 e. The molecule has 0 aromatic rings. The first-order chi connectivity index (χ1) is 10.2. The number of alkyl halides is 1. The molecule has 3 aliphatic heterocycles. The number of nitrogens with zero attached hydrogens (tertiary/aromatic N) is 3. The van der Waals surface area contributed by atoms with Crippen molar-refractivity contribution in [1.29, 1.82) is 0 Å². The fourth-order valence-electron chi connectivity index (χ4n) is 3.04. The number of amides is 1. The summed E-state index contributed by atoms with van der Waals surface area (Å²) in [5.74, 6) is 0.528. The van der Waals surface area contributed by atoms with E-state index >= 15 is 0 Å². The first-order valence-corrected chi connectivity index (χ1v) is 10.1. The van der Waals surface area contributed by atoms with Crippen LogP contribution in [0.5, 0.6) is 0 Å². The third kappa shape index (κ3) is 2.54. The fraction of sp³-hybridized carbons (Fsp3) is 0.750. The van der Waals surface area contributed by atoms with E-state index in [0.29, 0.717) is 31.6 Å². The summed E-state index contributed by atoms with van der Waals surface area (Å²) < 4.78 is 23.8. The van der Waals surface area contributed by atoms with Crippen LogP contribution in [0.15, 0.2) is 9.98 Å². The Morgan fingerprint density at radius 3 is 2.86 bits per heavy atom. The first-order valence-electron chi connectivity index (χ1n) is 6.98. The number of hydrogen-bond acceptors (Lipinski definition) is 6. The second-order valence-corrected chi connectivity index (χ2v) is 10.8. The third-order valence-electron chi connectivity index (χ3n) is 4.30. The molecule has 0 aromatic heterocycles. The summed E-state index contributed by atoms with van der Waals surface area (Å²) in [5.41, 5.74) is 0. The number of amidine groups is 2. The van der Waals surface area contributed by atoms with Crippen LogP contribution in [0.3, 0.4) is 0 Å². The van der Waals surface area contributed by atoms with Crippen molar-refractivity contribution in [1.82, 2.24) is 10.2 Å². The molecule has 1 N–H and O–H groups in total. The predicted octanol–water partition coefficient (Wildman–Crippen LogP) is 0.522. The molecule has 2 saturated heterocycles. The van der Waals surface area contributed by atoms with Crippen molar-refractivity contribution in [2.75, 3.05) is 19.3 Å². The number of sulfone groups is 1. The van der Waals surface area contributed by atoms with Gasteiger partial charge in [-0.15, -0.1) is 0 Å². The molecule has 1 unspecified atom stereocenters. The number of fused-ring (bicyclic) bond motifs is 1. The molecule has 1 amide bonds. The molecule has 0 radical (unpaired) electrons. The summed E-state index contributed by atoms with van der Waals surface area (Å²) in [6, 6.07) is -0.444. The maximum absolute atomic E-state index is 12.5. The van der Waals surface area contributed by atoms with Gasteiger partial charge >= 0.3 is 0 Å². The Balaban J connectivity index is 1.88. The summed E-state index contributed by atoms with van der Waals surface area (Å²) >= 11 is 7.90. The number of nitrogens with one attached hydrogen (secondary N) is 1. The smallest absolute Gasteiger partial charge is 0.222 e. The lowest BCUT2D eigenvalue weighted by molar-refractivity contribution is -0.132. The van der Waals surface area contributed by atoms with E-state index in [9.17, 15) is 13.2 Å². The Hall–Kier alpha value is -0.420. The summed E-state index contributed by atoms with van der Waals surface area (Å²) in [4.78, 5) is 21.5. The number of halogens is 2.